The summed E-state index contributed by atoms with van der Waals surface area (Å²) in [6.45, 7) is 3.39. The Morgan fingerprint density at radius 1 is 1.20 bits per heavy atom. The standard InChI is InChI=1S/C19H20N2O4/c1-12-10-14(5-4-13(2)19(23)24)18(22)17(11-12)21-20-15-6-8-16(25-3)9-7-15/h4,6-11,22H,5H2,1-3H3,(H,23,24)/b13-4+,21-20+. The summed E-state index contributed by atoms with van der Waals surface area (Å²) in [7, 11) is 1.59. The Morgan fingerprint density at radius 3 is 2.48 bits per heavy atom. The molecule has 0 spiro atoms. The molecule has 0 aliphatic heterocycles. The van der Waals surface area contributed by atoms with E-state index < -0.39 is 5.97 Å². The molecule has 25 heavy (non-hydrogen) atoms. The maximum absolute atomic E-state index is 10.9. The molecule has 2 N–H and O–H groups in total. The van der Waals surface area contributed by atoms with Gasteiger partial charge in [0.15, 0.2) is 0 Å². The topological polar surface area (TPSA) is 91.5 Å². The maximum atomic E-state index is 10.9. The number of carboxylic acids is 1. The number of carbonyl (C=O) groups is 1. The van der Waals surface area contributed by atoms with Crippen molar-refractivity contribution in [3.05, 3.63) is 59.2 Å². The van der Waals surface area contributed by atoms with Gasteiger partial charge in [-0.1, -0.05) is 12.1 Å². The van der Waals surface area contributed by atoms with Crippen molar-refractivity contribution >= 4 is 17.3 Å². The Bertz CT molecular complexity index is 824. The number of ether oxygens (including phenoxy) is 1. The number of benzene rings is 2. The second kappa shape index (κ2) is 8.10. The molecule has 0 aliphatic carbocycles. The van der Waals surface area contributed by atoms with Crippen molar-refractivity contribution in [2.75, 3.05) is 7.11 Å². The van der Waals surface area contributed by atoms with Gasteiger partial charge < -0.3 is 14.9 Å². The maximum Gasteiger partial charge on any atom is 0.330 e. The molecule has 0 unspecified atom stereocenters. The molecule has 6 heteroatoms. The minimum absolute atomic E-state index is 0.00250. The predicted molar refractivity (Wildman–Crippen MR) is 95.1 cm³/mol. The summed E-state index contributed by atoms with van der Waals surface area (Å²) >= 11 is 0. The first-order chi connectivity index (χ1) is 11.9. The average Bonchev–Trinajstić information content (AvgIpc) is 2.60. The van der Waals surface area contributed by atoms with Crippen molar-refractivity contribution < 1.29 is 19.7 Å². The fraction of sp³-hybridized carbons (Fsp3) is 0.211. The minimum atomic E-state index is -0.980. The van der Waals surface area contributed by atoms with Crippen LogP contribution in [0.25, 0.3) is 0 Å². The molecule has 6 nitrogen and oxygen atoms in total. The second-order valence-electron chi connectivity index (χ2n) is 5.59. The van der Waals surface area contributed by atoms with E-state index in [1.54, 1.807) is 49.6 Å². The van der Waals surface area contributed by atoms with E-state index in [1.807, 2.05) is 6.92 Å². The van der Waals surface area contributed by atoms with E-state index in [4.69, 9.17) is 9.84 Å². The molecule has 0 amide bonds. The number of nitrogens with zero attached hydrogens (tertiary/aromatic N) is 2. The molecule has 0 atom stereocenters. The molecule has 0 fully saturated rings. The molecule has 0 heterocycles. The zero-order valence-corrected chi connectivity index (χ0v) is 14.4. The van der Waals surface area contributed by atoms with Crippen LogP contribution in [-0.2, 0) is 11.2 Å². The van der Waals surface area contributed by atoms with Crippen LogP contribution < -0.4 is 4.74 Å². The first kappa shape index (κ1) is 18.2. The van der Waals surface area contributed by atoms with Gasteiger partial charge in [0, 0.05) is 11.1 Å². The lowest BCUT2D eigenvalue weighted by atomic mass is 10.0. The number of hydrogen-bond acceptors (Lipinski definition) is 5. The molecule has 0 bridgehead atoms. The van der Waals surface area contributed by atoms with E-state index >= 15 is 0 Å². The first-order valence-electron chi connectivity index (χ1n) is 7.69. The van der Waals surface area contributed by atoms with Gasteiger partial charge in [-0.05, 0) is 56.2 Å². The summed E-state index contributed by atoms with van der Waals surface area (Å²) in [6.07, 6.45) is 1.86. The third-order valence-corrected chi connectivity index (χ3v) is 3.62. The highest BCUT2D eigenvalue weighted by molar-refractivity contribution is 5.85. The number of phenolic OH excluding ortho intramolecular Hbond substituents is 1. The Hall–Kier alpha value is -3.15. The van der Waals surface area contributed by atoms with Gasteiger partial charge in [-0.2, -0.15) is 5.11 Å². The fourth-order valence-corrected chi connectivity index (χ4v) is 2.18. The molecule has 0 aliphatic rings. The van der Waals surface area contributed by atoms with Gasteiger partial charge >= 0.3 is 5.97 Å². The monoisotopic (exact) mass is 340 g/mol. The number of hydrogen-bond donors (Lipinski definition) is 2. The third kappa shape index (κ3) is 4.91. The Labute approximate surface area is 146 Å². The number of rotatable bonds is 6. The van der Waals surface area contributed by atoms with Gasteiger partial charge in [-0.25, -0.2) is 4.79 Å². The summed E-state index contributed by atoms with van der Waals surface area (Å²) < 4.78 is 5.09. The molecule has 2 aromatic carbocycles. The van der Waals surface area contributed by atoms with Crippen LogP contribution in [0.3, 0.4) is 0 Å². The van der Waals surface area contributed by atoms with Crippen molar-refractivity contribution in [3.8, 4) is 11.5 Å². The fourth-order valence-electron chi connectivity index (χ4n) is 2.18. The van der Waals surface area contributed by atoms with E-state index in [0.29, 0.717) is 23.4 Å². The molecule has 2 aromatic rings. The lowest BCUT2D eigenvalue weighted by molar-refractivity contribution is -0.132. The highest BCUT2D eigenvalue weighted by atomic mass is 16.5. The van der Waals surface area contributed by atoms with Crippen molar-refractivity contribution in [1.29, 1.82) is 0 Å². The van der Waals surface area contributed by atoms with Gasteiger partial charge in [0.25, 0.3) is 0 Å². The smallest absolute Gasteiger partial charge is 0.330 e. The van der Waals surface area contributed by atoms with Crippen LogP contribution in [0.2, 0.25) is 0 Å². The van der Waals surface area contributed by atoms with E-state index in [1.165, 1.54) is 6.92 Å². The van der Waals surface area contributed by atoms with Crippen LogP contribution in [0, 0.1) is 6.92 Å². The number of aryl methyl sites for hydroxylation is 1. The summed E-state index contributed by atoms with van der Waals surface area (Å²) in [4.78, 5) is 10.9. The lowest BCUT2D eigenvalue weighted by Crippen LogP contribution is -1.97. The van der Waals surface area contributed by atoms with Crippen molar-refractivity contribution in [2.45, 2.75) is 20.3 Å². The van der Waals surface area contributed by atoms with E-state index in [2.05, 4.69) is 10.2 Å². The van der Waals surface area contributed by atoms with Crippen LogP contribution in [-0.4, -0.2) is 23.3 Å². The van der Waals surface area contributed by atoms with Crippen LogP contribution in [0.4, 0.5) is 11.4 Å². The van der Waals surface area contributed by atoms with Crippen LogP contribution in [0.15, 0.2) is 58.3 Å². The van der Waals surface area contributed by atoms with Gasteiger partial charge in [0.2, 0.25) is 0 Å². The molecule has 0 saturated carbocycles. The highest BCUT2D eigenvalue weighted by Gasteiger charge is 2.09. The van der Waals surface area contributed by atoms with Gasteiger partial charge in [-0.3, -0.25) is 0 Å². The number of azo groups is 1. The van der Waals surface area contributed by atoms with Gasteiger partial charge in [0.1, 0.15) is 17.2 Å². The van der Waals surface area contributed by atoms with Crippen molar-refractivity contribution in [1.82, 2.24) is 0 Å². The first-order valence-corrected chi connectivity index (χ1v) is 7.69. The normalized spacial score (nSPS) is 11.7. The largest absolute Gasteiger partial charge is 0.505 e. The molecular weight excluding hydrogens is 320 g/mol. The summed E-state index contributed by atoms with van der Waals surface area (Å²) in [5, 5.41) is 27.5. The second-order valence-corrected chi connectivity index (χ2v) is 5.59. The van der Waals surface area contributed by atoms with Gasteiger partial charge in [0.05, 0.1) is 12.8 Å². The zero-order valence-electron chi connectivity index (χ0n) is 14.4. The number of aromatic hydroxyl groups is 1. The van der Waals surface area contributed by atoms with E-state index in [-0.39, 0.29) is 11.3 Å². The Kier molecular flexibility index (Phi) is 5.89. The predicted octanol–water partition coefficient (Wildman–Crippen LogP) is 4.70. The molecule has 130 valence electrons. The molecule has 0 radical (unpaired) electrons. The SMILES string of the molecule is COc1ccc(/N=N/c2cc(C)cc(C/C=C(\C)C(=O)O)c2O)cc1. The number of phenols is 1. The molecule has 2 rings (SSSR count). The number of methoxy groups -OCH3 is 1. The van der Waals surface area contributed by atoms with Crippen LogP contribution >= 0.6 is 0 Å². The Balaban J connectivity index is 2.27. The molecular formula is C19H20N2O4. The van der Waals surface area contributed by atoms with Crippen LogP contribution in [0.5, 0.6) is 11.5 Å². The Morgan fingerprint density at radius 2 is 1.88 bits per heavy atom. The number of aliphatic carboxylic acids is 1. The summed E-state index contributed by atoms with van der Waals surface area (Å²) in [5.74, 6) is -0.260. The number of allylic oxidation sites excluding steroid dienone is 1. The third-order valence-electron chi connectivity index (χ3n) is 3.62. The molecule has 0 aromatic heterocycles. The summed E-state index contributed by atoms with van der Waals surface area (Å²) in [6, 6.07) is 10.6. The van der Waals surface area contributed by atoms with Crippen LogP contribution in [0.1, 0.15) is 18.1 Å². The zero-order chi connectivity index (χ0) is 18.4. The van der Waals surface area contributed by atoms with Crippen molar-refractivity contribution in [3.63, 3.8) is 0 Å². The summed E-state index contributed by atoms with van der Waals surface area (Å²) in [5.41, 5.74) is 2.70. The highest BCUT2D eigenvalue weighted by Crippen LogP contribution is 2.34. The average molecular weight is 340 g/mol. The van der Waals surface area contributed by atoms with E-state index in [0.717, 1.165) is 11.3 Å². The quantitative estimate of drug-likeness (QED) is 0.589. The number of carboxylic acid groups (broad SMARTS) is 1. The van der Waals surface area contributed by atoms with Gasteiger partial charge in [-0.15, -0.1) is 5.11 Å². The van der Waals surface area contributed by atoms with E-state index in [9.17, 15) is 9.90 Å². The minimum Gasteiger partial charge on any atom is -0.505 e. The van der Waals surface area contributed by atoms with Crippen molar-refractivity contribution in [2.24, 2.45) is 10.2 Å². The molecule has 0 saturated heterocycles. The lowest BCUT2D eigenvalue weighted by Gasteiger charge is -2.07.